The van der Waals surface area contributed by atoms with E-state index >= 15 is 0 Å². The highest BCUT2D eigenvalue weighted by Crippen LogP contribution is 2.08. The maximum atomic E-state index is 12.0. The van der Waals surface area contributed by atoms with Gasteiger partial charge in [0.15, 0.2) is 0 Å². The van der Waals surface area contributed by atoms with Crippen LogP contribution in [0.3, 0.4) is 0 Å². The molecule has 0 unspecified atom stereocenters. The number of carbonyl (C=O) groups is 4. The van der Waals surface area contributed by atoms with E-state index in [9.17, 15) is 19.2 Å². The summed E-state index contributed by atoms with van der Waals surface area (Å²) >= 11 is 0. The predicted octanol–water partition coefficient (Wildman–Crippen LogP) is 0.786. The van der Waals surface area contributed by atoms with Gasteiger partial charge in [0, 0.05) is 51.9 Å². The molecule has 1 aliphatic rings. The second-order valence-corrected chi connectivity index (χ2v) is 5.52. The third kappa shape index (κ3) is 6.51. The van der Waals surface area contributed by atoms with Crippen molar-refractivity contribution in [3.05, 3.63) is 0 Å². The monoisotopic (exact) mass is 296 g/mol. The highest BCUT2D eigenvalue weighted by molar-refractivity contribution is 5.84. The van der Waals surface area contributed by atoms with E-state index in [2.05, 4.69) is 0 Å². The first kappa shape index (κ1) is 17.3. The summed E-state index contributed by atoms with van der Waals surface area (Å²) in [6.45, 7) is 5.20. The molecule has 0 spiro atoms. The molecule has 1 heterocycles. The maximum Gasteiger partial charge on any atom is 0.223 e. The second-order valence-electron chi connectivity index (χ2n) is 5.52. The van der Waals surface area contributed by atoms with E-state index in [0.717, 1.165) is 6.42 Å². The molecule has 0 aromatic carbocycles. The zero-order valence-electron chi connectivity index (χ0n) is 12.9. The standard InChI is InChI=1S/C15H24N2O4/c1-12(18)4-6-14(20)16-8-3-9-17(11-10-16)15(21)7-5-13(2)19/h3-11H2,1-2H3. The Morgan fingerprint density at radius 3 is 1.38 bits per heavy atom. The maximum absolute atomic E-state index is 12.0. The van der Waals surface area contributed by atoms with Gasteiger partial charge in [-0.3, -0.25) is 9.59 Å². The van der Waals surface area contributed by atoms with Gasteiger partial charge in [-0.25, -0.2) is 0 Å². The zero-order valence-corrected chi connectivity index (χ0v) is 12.9. The fourth-order valence-corrected chi connectivity index (χ4v) is 2.30. The summed E-state index contributed by atoms with van der Waals surface area (Å²) in [4.78, 5) is 49.2. The Kier molecular flexibility index (Phi) is 7.05. The minimum Gasteiger partial charge on any atom is -0.341 e. The van der Waals surface area contributed by atoms with E-state index in [1.165, 1.54) is 13.8 Å². The summed E-state index contributed by atoms with van der Waals surface area (Å²) in [5.74, 6) is -0.0233. The Bertz CT molecular complexity index is 382. The Morgan fingerprint density at radius 2 is 1.05 bits per heavy atom. The molecule has 0 aromatic heterocycles. The van der Waals surface area contributed by atoms with Gasteiger partial charge in [0.1, 0.15) is 11.6 Å². The van der Waals surface area contributed by atoms with E-state index in [4.69, 9.17) is 0 Å². The normalized spacial score (nSPS) is 15.5. The molecule has 118 valence electrons. The van der Waals surface area contributed by atoms with Crippen molar-refractivity contribution in [2.24, 2.45) is 0 Å². The van der Waals surface area contributed by atoms with Crippen LogP contribution in [0.25, 0.3) is 0 Å². The van der Waals surface area contributed by atoms with Crippen molar-refractivity contribution < 1.29 is 19.2 Å². The minimum atomic E-state index is -0.0248. The first-order chi connectivity index (χ1) is 9.90. The molecule has 1 saturated heterocycles. The van der Waals surface area contributed by atoms with Crippen molar-refractivity contribution in [2.75, 3.05) is 26.2 Å². The fourth-order valence-electron chi connectivity index (χ4n) is 2.30. The van der Waals surface area contributed by atoms with Crippen molar-refractivity contribution in [1.29, 1.82) is 0 Å². The molecular weight excluding hydrogens is 272 g/mol. The number of amides is 2. The average Bonchev–Trinajstić information content (AvgIpc) is 2.68. The SMILES string of the molecule is CC(=O)CCC(=O)N1CCCN(C(=O)CCC(C)=O)CC1. The first-order valence-corrected chi connectivity index (χ1v) is 7.44. The summed E-state index contributed by atoms with van der Waals surface area (Å²) in [7, 11) is 0. The molecular formula is C15H24N2O4. The first-order valence-electron chi connectivity index (χ1n) is 7.44. The third-order valence-electron chi connectivity index (χ3n) is 3.58. The molecule has 2 amide bonds. The molecule has 1 aliphatic heterocycles. The Morgan fingerprint density at radius 1 is 0.667 bits per heavy atom. The summed E-state index contributed by atoms with van der Waals surface area (Å²) in [6, 6.07) is 0. The van der Waals surface area contributed by atoms with Gasteiger partial charge in [-0.15, -0.1) is 0 Å². The lowest BCUT2D eigenvalue weighted by molar-refractivity contribution is -0.134. The summed E-state index contributed by atoms with van der Waals surface area (Å²) in [6.07, 6.45) is 1.77. The van der Waals surface area contributed by atoms with Crippen LogP contribution in [0.2, 0.25) is 0 Å². The molecule has 0 N–H and O–H groups in total. The van der Waals surface area contributed by atoms with E-state index in [0.29, 0.717) is 26.2 Å². The van der Waals surface area contributed by atoms with Gasteiger partial charge in [0.05, 0.1) is 0 Å². The number of nitrogens with zero attached hydrogens (tertiary/aromatic N) is 2. The number of carbonyl (C=O) groups excluding carboxylic acids is 4. The van der Waals surface area contributed by atoms with Crippen LogP contribution in [0.15, 0.2) is 0 Å². The highest BCUT2D eigenvalue weighted by Gasteiger charge is 2.21. The zero-order chi connectivity index (χ0) is 15.8. The molecule has 0 atom stereocenters. The van der Waals surface area contributed by atoms with Crippen molar-refractivity contribution >= 4 is 23.4 Å². The van der Waals surface area contributed by atoms with Gasteiger partial charge in [-0.2, -0.15) is 0 Å². The summed E-state index contributed by atoms with van der Waals surface area (Å²) in [5, 5.41) is 0. The van der Waals surface area contributed by atoms with Gasteiger partial charge in [-0.1, -0.05) is 0 Å². The smallest absolute Gasteiger partial charge is 0.223 e. The highest BCUT2D eigenvalue weighted by atomic mass is 16.2. The Hall–Kier alpha value is -1.72. The minimum absolute atomic E-state index is 0.0132. The fraction of sp³-hybridized carbons (Fsp3) is 0.733. The molecule has 0 radical (unpaired) electrons. The average molecular weight is 296 g/mol. The van der Waals surface area contributed by atoms with E-state index in [1.807, 2.05) is 0 Å². The quantitative estimate of drug-likeness (QED) is 0.726. The lowest BCUT2D eigenvalue weighted by Crippen LogP contribution is -2.37. The number of hydrogen-bond donors (Lipinski definition) is 0. The number of hydrogen-bond acceptors (Lipinski definition) is 4. The van der Waals surface area contributed by atoms with Crippen LogP contribution in [-0.2, 0) is 19.2 Å². The van der Waals surface area contributed by atoms with Gasteiger partial charge < -0.3 is 19.4 Å². The van der Waals surface area contributed by atoms with Crippen molar-refractivity contribution in [1.82, 2.24) is 9.80 Å². The van der Waals surface area contributed by atoms with Crippen LogP contribution in [0, 0.1) is 0 Å². The van der Waals surface area contributed by atoms with Gasteiger partial charge in [0.25, 0.3) is 0 Å². The largest absolute Gasteiger partial charge is 0.341 e. The Labute approximate surface area is 125 Å². The second kappa shape index (κ2) is 8.54. The van der Waals surface area contributed by atoms with Crippen LogP contribution >= 0.6 is 0 Å². The molecule has 0 bridgehead atoms. The van der Waals surface area contributed by atoms with E-state index < -0.39 is 0 Å². The summed E-state index contributed by atoms with van der Waals surface area (Å²) in [5.41, 5.74) is 0. The van der Waals surface area contributed by atoms with E-state index in [-0.39, 0.29) is 49.1 Å². The molecule has 6 nitrogen and oxygen atoms in total. The van der Waals surface area contributed by atoms with Crippen LogP contribution in [0.5, 0.6) is 0 Å². The Balaban J connectivity index is 2.42. The van der Waals surface area contributed by atoms with Crippen LogP contribution in [0.4, 0.5) is 0 Å². The predicted molar refractivity (Wildman–Crippen MR) is 77.6 cm³/mol. The molecule has 0 aromatic rings. The third-order valence-corrected chi connectivity index (χ3v) is 3.58. The van der Waals surface area contributed by atoms with Crippen molar-refractivity contribution in [3.63, 3.8) is 0 Å². The number of Topliss-reactive ketones (excluding diaryl/α,β-unsaturated/α-hetero) is 2. The molecule has 6 heteroatoms. The topological polar surface area (TPSA) is 74.8 Å². The summed E-state index contributed by atoms with van der Waals surface area (Å²) < 4.78 is 0. The van der Waals surface area contributed by atoms with Gasteiger partial charge >= 0.3 is 0 Å². The van der Waals surface area contributed by atoms with Gasteiger partial charge in [0.2, 0.25) is 11.8 Å². The molecule has 21 heavy (non-hydrogen) atoms. The molecule has 0 saturated carbocycles. The molecule has 1 fully saturated rings. The van der Waals surface area contributed by atoms with Crippen LogP contribution < -0.4 is 0 Å². The lowest BCUT2D eigenvalue weighted by Gasteiger charge is -2.22. The van der Waals surface area contributed by atoms with Gasteiger partial charge in [-0.05, 0) is 20.3 Å². The van der Waals surface area contributed by atoms with Crippen LogP contribution in [0.1, 0.15) is 46.0 Å². The van der Waals surface area contributed by atoms with Crippen molar-refractivity contribution in [2.45, 2.75) is 46.0 Å². The molecule has 0 aliphatic carbocycles. The van der Waals surface area contributed by atoms with Crippen molar-refractivity contribution in [3.8, 4) is 0 Å². The van der Waals surface area contributed by atoms with E-state index in [1.54, 1.807) is 9.80 Å². The van der Waals surface area contributed by atoms with Crippen LogP contribution in [-0.4, -0.2) is 59.4 Å². The number of rotatable bonds is 6. The lowest BCUT2D eigenvalue weighted by atomic mass is 10.2. The molecule has 1 rings (SSSR count). The number of ketones is 2.